The summed E-state index contributed by atoms with van der Waals surface area (Å²) in [6, 6.07) is 17.0. The van der Waals surface area contributed by atoms with Crippen molar-refractivity contribution in [2.75, 3.05) is 33.0 Å². The molecule has 28 heavy (non-hydrogen) atoms. The lowest BCUT2D eigenvalue weighted by Crippen LogP contribution is -2.10. The van der Waals surface area contributed by atoms with Crippen molar-refractivity contribution < 1.29 is 14.2 Å². The zero-order chi connectivity index (χ0) is 19.7. The molecule has 154 valence electrons. The van der Waals surface area contributed by atoms with Gasteiger partial charge in [-0.25, -0.2) is 0 Å². The van der Waals surface area contributed by atoms with Crippen molar-refractivity contribution in [1.82, 2.24) is 0 Å². The number of hydrogen-bond acceptors (Lipinski definition) is 5. The molecule has 0 unspecified atom stereocenters. The quantitative estimate of drug-likeness (QED) is 0.563. The largest absolute Gasteiger partial charge is 0.491 e. The second kappa shape index (κ2) is 17.5. The Morgan fingerprint density at radius 2 is 1.43 bits per heavy atom. The molecule has 0 spiro atoms. The number of hydrogen-bond donors (Lipinski definition) is 1. The average molecular weight is 516 g/mol. The molecule has 2 aromatic carbocycles. The van der Waals surface area contributed by atoms with Crippen molar-refractivity contribution in [2.24, 2.45) is 5.73 Å². The zero-order valence-electron chi connectivity index (χ0n) is 15.1. The zero-order valence-corrected chi connectivity index (χ0v) is 18.2. The molecule has 1 heterocycles. The van der Waals surface area contributed by atoms with E-state index in [1.54, 1.807) is 6.07 Å². The number of nitrogens with two attached hydrogens (primary N) is 1. The monoisotopic (exact) mass is 514 g/mol. The van der Waals surface area contributed by atoms with E-state index < -0.39 is 0 Å². The number of nitriles is 1. The highest BCUT2D eigenvalue weighted by Crippen LogP contribution is 2.24. The van der Waals surface area contributed by atoms with E-state index in [4.69, 9.17) is 25.2 Å². The summed E-state index contributed by atoms with van der Waals surface area (Å²) < 4.78 is 17.2. The molecular weight excluding hydrogens is 488 g/mol. The van der Waals surface area contributed by atoms with Gasteiger partial charge in [0.1, 0.15) is 24.2 Å². The molecule has 0 amide bonds. The van der Waals surface area contributed by atoms with E-state index in [0.717, 1.165) is 27.9 Å². The minimum Gasteiger partial charge on any atom is -0.491 e. The topological polar surface area (TPSA) is 77.5 Å². The van der Waals surface area contributed by atoms with Crippen LogP contribution < -0.4 is 15.2 Å². The lowest BCUT2D eigenvalue weighted by atomic mass is 10.3. The van der Waals surface area contributed by atoms with Gasteiger partial charge in [0.05, 0.1) is 8.95 Å². The first kappa shape index (κ1) is 26.4. The van der Waals surface area contributed by atoms with Gasteiger partial charge in [-0.3, -0.25) is 0 Å². The fourth-order valence-corrected chi connectivity index (χ4v) is 2.71. The number of benzene rings is 2. The molecule has 5 nitrogen and oxygen atoms in total. The van der Waals surface area contributed by atoms with Crippen LogP contribution in [-0.2, 0) is 4.74 Å². The summed E-state index contributed by atoms with van der Waals surface area (Å²) in [4.78, 5) is 0. The molecule has 1 saturated heterocycles. The smallest absolute Gasteiger partial charge is 0.174 e. The van der Waals surface area contributed by atoms with Gasteiger partial charge in [0.2, 0.25) is 0 Å². The van der Waals surface area contributed by atoms with Crippen molar-refractivity contribution in [3.05, 3.63) is 57.5 Å². The van der Waals surface area contributed by atoms with Gasteiger partial charge in [0.15, 0.2) is 6.61 Å². The van der Waals surface area contributed by atoms with Crippen LogP contribution in [0, 0.1) is 11.3 Å². The Bertz CT molecular complexity index is 682. The molecule has 1 fully saturated rings. The molecule has 0 atom stereocenters. The van der Waals surface area contributed by atoms with E-state index in [-0.39, 0.29) is 14.0 Å². The molecule has 2 aromatic rings. The summed E-state index contributed by atoms with van der Waals surface area (Å²) >= 11 is 6.65. The van der Waals surface area contributed by atoms with E-state index in [9.17, 15) is 0 Å². The van der Waals surface area contributed by atoms with Crippen LogP contribution in [0.3, 0.4) is 0 Å². The van der Waals surface area contributed by atoms with E-state index in [0.29, 0.717) is 18.9 Å². The lowest BCUT2D eigenvalue weighted by molar-refractivity contribution is 0.198. The van der Waals surface area contributed by atoms with Crippen LogP contribution in [-0.4, -0.2) is 33.0 Å². The SMILES string of the molecule is C.C1CCOC1.N#CCOc1ccccc1Br.NCCOc1ccccc1Br. The molecule has 1 aliphatic rings. The Kier molecular flexibility index (Phi) is 16.5. The van der Waals surface area contributed by atoms with Gasteiger partial charge in [-0.15, -0.1) is 0 Å². The van der Waals surface area contributed by atoms with Crippen molar-refractivity contribution >= 4 is 31.9 Å². The predicted octanol–water partition coefficient (Wildman–Crippen LogP) is 5.57. The molecule has 0 radical (unpaired) electrons. The Morgan fingerprint density at radius 3 is 1.82 bits per heavy atom. The third kappa shape index (κ3) is 12.0. The van der Waals surface area contributed by atoms with E-state index in [1.165, 1.54) is 12.8 Å². The Balaban J connectivity index is 0.000000408. The highest BCUT2D eigenvalue weighted by molar-refractivity contribution is 9.10. The molecule has 0 aromatic heterocycles. The van der Waals surface area contributed by atoms with Gasteiger partial charge in [0.25, 0.3) is 0 Å². The summed E-state index contributed by atoms with van der Waals surface area (Å²) in [5, 5.41) is 8.23. The fourth-order valence-electron chi connectivity index (χ4n) is 1.91. The van der Waals surface area contributed by atoms with Crippen molar-refractivity contribution in [3.63, 3.8) is 0 Å². The van der Waals surface area contributed by atoms with E-state index in [1.807, 2.05) is 48.5 Å². The van der Waals surface area contributed by atoms with Crippen LogP contribution in [0.4, 0.5) is 0 Å². The van der Waals surface area contributed by atoms with E-state index >= 15 is 0 Å². The third-order valence-corrected chi connectivity index (χ3v) is 4.48. The molecule has 7 heteroatoms. The molecule has 2 N–H and O–H groups in total. The van der Waals surface area contributed by atoms with E-state index in [2.05, 4.69) is 31.9 Å². The number of ether oxygens (including phenoxy) is 3. The van der Waals surface area contributed by atoms with Gasteiger partial charge in [-0.1, -0.05) is 31.7 Å². The highest BCUT2D eigenvalue weighted by Gasteiger charge is 1.97. The molecule has 0 aliphatic carbocycles. The standard InChI is InChI=1S/C8H10BrNO.C8H6BrNO.C4H8O.CH4/c2*9-7-3-1-2-4-8(7)11-6-5-10;1-2-4-5-3-1;/h1-4H,5-6,10H2;1-4H,6H2;1-4H2;1H4. The Hall–Kier alpha value is -1.59. The summed E-state index contributed by atoms with van der Waals surface area (Å²) in [6.45, 7) is 3.19. The first-order valence-corrected chi connectivity index (χ1v) is 10.2. The molecule has 1 aliphatic heterocycles. The number of para-hydroxylation sites is 2. The second-order valence-electron chi connectivity index (χ2n) is 5.26. The fraction of sp³-hybridized carbons (Fsp3) is 0.381. The minimum atomic E-state index is 0. The maximum atomic E-state index is 8.23. The van der Waals surface area contributed by atoms with Crippen molar-refractivity contribution in [1.29, 1.82) is 5.26 Å². The minimum absolute atomic E-state index is 0. The van der Waals surface area contributed by atoms with Crippen LogP contribution in [0.1, 0.15) is 20.3 Å². The second-order valence-corrected chi connectivity index (χ2v) is 6.97. The predicted molar refractivity (Wildman–Crippen MR) is 121 cm³/mol. The maximum absolute atomic E-state index is 8.23. The molecule has 3 rings (SSSR count). The van der Waals surface area contributed by atoms with Crippen LogP contribution in [0.5, 0.6) is 11.5 Å². The van der Waals surface area contributed by atoms with Crippen LogP contribution in [0.15, 0.2) is 57.5 Å². The first-order valence-electron chi connectivity index (χ1n) is 8.58. The van der Waals surface area contributed by atoms with Crippen molar-refractivity contribution in [3.8, 4) is 17.6 Å². The Morgan fingerprint density at radius 1 is 0.929 bits per heavy atom. The summed E-state index contributed by atoms with van der Waals surface area (Å²) in [5.41, 5.74) is 5.29. The summed E-state index contributed by atoms with van der Waals surface area (Å²) in [6.07, 6.45) is 2.56. The third-order valence-electron chi connectivity index (χ3n) is 3.17. The molecule has 0 bridgehead atoms. The summed E-state index contributed by atoms with van der Waals surface area (Å²) in [5.74, 6) is 1.55. The van der Waals surface area contributed by atoms with Gasteiger partial charge < -0.3 is 19.9 Å². The number of halogens is 2. The molecule has 0 saturated carbocycles. The van der Waals surface area contributed by atoms with Crippen LogP contribution >= 0.6 is 31.9 Å². The summed E-state index contributed by atoms with van der Waals surface area (Å²) in [7, 11) is 0. The molecular formula is C21H28Br2N2O3. The first-order chi connectivity index (χ1) is 13.2. The average Bonchev–Trinajstić information content (AvgIpc) is 3.27. The number of nitrogens with zero attached hydrogens (tertiary/aromatic N) is 1. The van der Waals surface area contributed by atoms with Gasteiger partial charge >= 0.3 is 0 Å². The van der Waals surface area contributed by atoms with Gasteiger partial charge in [-0.2, -0.15) is 5.26 Å². The highest BCUT2D eigenvalue weighted by atomic mass is 79.9. The normalized spacial score (nSPS) is 11.5. The number of rotatable bonds is 5. The maximum Gasteiger partial charge on any atom is 0.174 e. The van der Waals surface area contributed by atoms with Gasteiger partial charge in [0, 0.05) is 19.8 Å². The lowest BCUT2D eigenvalue weighted by Gasteiger charge is -2.04. The van der Waals surface area contributed by atoms with Gasteiger partial charge in [-0.05, 0) is 69.0 Å². The van der Waals surface area contributed by atoms with Crippen LogP contribution in [0.25, 0.3) is 0 Å². The van der Waals surface area contributed by atoms with Crippen LogP contribution in [0.2, 0.25) is 0 Å². The Labute approximate surface area is 185 Å². The van der Waals surface area contributed by atoms with Crippen molar-refractivity contribution in [2.45, 2.75) is 20.3 Å².